The highest BCUT2D eigenvalue weighted by molar-refractivity contribution is 5.52. The molecule has 1 aromatic carbocycles. The summed E-state index contributed by atoms with van der Waals surface area (Å²) in [4.78, 5) is 10.5. The van der Waals surface area contributed by atoms with Crippen LogP contribution in [0.4, 0.5) is 5.69 Å². The van der Waals surface area contributed by atoms with Crippen LogP contribution >= 0.6 is 0 Å². The maximum absolute atomic E-state index is 10.9. The Kier molecular flexibility index (Phi) is 3.05. The second-order valence-corrected chi connectivity index (χ2v) is 3.91. The van der Waals surface area contributed by atoms with Gasteiger partial charge in [0.05, 0.1) is 4.92 Å². The number of ether oxygens (including phenoxy) is 1. The van der Waals surface area contributed by atoms with Gasteiger partial charge in [0, 0.05) is 12.1 Å². The highest BCUT2D eigenvalue weighted by Gasteiger charge is 2.23. The van der Waals surface area contributed by atoms with E-state index < -0.39 is 0 Å². The first kappa shape index (κ1) is 10.9. The van der Waals surface area contributed by atoms with Crippen LogP contribution in [0.15, 0.2) is 18.2 Å². The Labute approximate surface area is 93.6 Å². The van der Waals surface area contributed by atoms with Crippen LogP contribution < -0.4 is 10.1 Å². The highest BCUT2D eigenvalue weighted by Crippen LogP contribution is 2.31. The number of hydrogen-bond acceptors (Lipinski definition) is 4. The van der Waals surface area contributed by atoms with Crippen molar-refractivity contribution in [2.75, 3.05) is 13.1 Å². The first-order valence-electron chi connectivity index (χ1n) is 5.30. The van der Waals surface area contributed by atoms with E-state index in [1.807, 2.05) is 0 Å². The van der Waals surface area contributed by atoms with Crippen molar-refractivity contribution in [3.63, 3.8) is 0 Å². The molecular formula is C11H14N2O3. The van der Waals surface area contributed by atoms with Crippen molar-refractivity contribution in [2.45, 2.75) is 19.4 Å². The molecule has 86 valence electrons. The number of nitrogens with one attached hydrogen (secondary N) is 1. The van der Waals surface area contributed by atoms with E-state index in [1.54, 1.807) is 25.1 Å². The second kappa shape index (κ2) is 4.49. The molecular weight excluding hydrogens is 208 g/mol. The molecule has 1 aromatic rings. The summed E-state index contributed by atoms with van der Waals surface area (Å²) >= 11 is 0. The minimum Gasteiger partial charge on any atom is -0.482 e. The number of nitro groups is 1. The third-order valence-corrected chi connectivity index (χ3v) is 2.69. The van der Waals surface area contributed by atoms with Crippen molar-refractivity contribution < 1.29 is 9.66 Å². The molecule has 0 bridgehead atoms. The molecule has 1 aliphatic heterocycles. The van der Waals surface area contributed by atoms with E-state index in [-0.39, 0.29) is 16.7 Å². The summed E-state index contributed by atoms with van der Waals surface area (Å²) in [5.41, 5.74) is 0.711. The second-order valence-electron chi connectivity index (χ2n) is 3.91. The molecule has 0 amide bonds. The van der Waals surface area contributed by atoms with Crippen molar-refractivity contribution >= 4 is 5.69 Å². The quantitative estimate of drug-likeness (QED) is 0.623. The fourth-order valence-corrected chi connectivity index (χ4v) is 1.87. The van der Waals surface area contributed by atoms with Crippen molar-refractivity contribution in [1.29, 1.82) is 0 Å². The average Bonchev–Trinajstić information content (AvgIpc) is 2.70. The summed E-state index contributed by atoms with van der Waals surface area (Å²) in [6.45, 7) is 3.38. The molecule has 0 radical (unpaired) electrons. The molecule has 16 heavy (non-hydrogen) atoms. The van der Waals surface area contributed by atoms with Gasteiger partial charge in [-0.1, -0.05) is 12.1 Å². The van der Waals surface area contributed by atoms with E-state index in [4.69, 9.17) is 4.74 Å². The molecule has 5 nitrogen and oxygen atoms in total. The smallest absolute Gasteiger partial charge is 0.313 e. The van der Waals surface area contributed by atoms with E-state index in [0.717, 1.165) is 19.5 Å². The molecule has 1 saturated heterocycles. The number of benzene rings is 1. The molecule has 1 unspecified atom stereocenters. The largest absolute Gasteiger partial charge is 0.482 e. The molecule has 0 saturated carbocycles. The van der Waals surface area contributed by atoms with Gasteiger partial charge in [-0.15, -0.1) is 0 Å². The van der Waals surface area contributed by atoms with Gasteiger partial charge in [0.15, 0.2) is 5.75 Å². The van der Waals surface area contributed by atoms with E-state index in [2.05, 4.69) is 5.32 Å². The van der Waals surface area contributed by atoms with Crippen LogP contribution in [0.25, 0.3) is 0 Å². The Balaban J connectivity index is 2.25. The Hall–Kier alpha value is -1.62. The Morgan fingerprint density at radius 1 is 1.56 bits per heavy atom. The maximum atomic E-state index is 10.9. The van der Waals surface area contributed by atoms with Crippen molar-refractivity contribution in [3.8, 4) is 5.75 Å². The van der Waals surface area contributed by atoms with Gasteiger partial charge in [0.2, 0.25) is 0 Å². The Morgan fingerprint density at radius 2 is 2.38 bits per heavy atom. The van der Waals surface area contributed by atoms with Gasteiger partial charge in [-0.3, -0.25) is 10.1 Å². The van der Waals surface area contributed by atoms with E-state index >= 15 is 0 Å². The molecule has 1 heterocycles. The van der Waals surface area contributed by atoms with Gasteiger partial charge >= 0.3 is 5.69 Å². The lowest BCUT2D eigenvalue weighted by atomic mass is 10.2. The lowest BCUT2D eigenvalue weighted by molar-refractivity contribution is -0.386. The van der Waals surface area contributed by atoms with Crippen LogP contribution in [0.2, 0.25) is 0 Å². The average molecular weight is 222 g/mol. The number of hydrogen-bond donors (Lipinski definition) is 1. The first-order chi connectivity index (χ1) is 7.68. The molecule has 2 rings (SSSR count). The number of para-hydroxylation sites is 1. The van der Waals surface area contributed by atoms with Crippen LogP contribution in [0.3, 0.4) is 0 Å². The van der Waals surface area contributed by atoms with Crippen LogP contribution in [0, 0.1) is 17.0 Å². The Morgan fingerprint density at radius 3 is 3.00 bits per heavy atom. The lowest BCUT2D eigenvalue weighted by Gasteiger charge is -2.13. The summed E-state index contributed by atoms with van der Waals surface area (Å²) in [6.07, 6.45) is 0.936. The van der Waals surface area contributed by atoms with Crippen LogP contribution in [0.5, 0.6) is 5.75 Å². The highest BCUT2D eigenvalue weighted by atomic mass is 16.6. The Bertz CT molecular complexity index is 400. The predicted octanol–water partition coefficient (Wildman–Crippen LogP) is 1.64. The van der Waals surface area contributed by atoms with Gasteiger partial charge in [-0.2, -0.15) is 0 Å². The lowest BCUT2D eigenvalue weighted by Crippen LogP contribution is -2.20. The van der Waals surface area contributed by atoms with Gasteiger partial charge in [0.25, 0.3) is 0 Å². The van der Waals surface area contributed by atoms with Gasteiger partial charge in [0.1, 0.15) is 6.10 Å². The standard InChI is InChI=1S/C11H14N2O3/c1-8-3-2-4-10(11(8)13(14)15)16-9-5-6-12-7-9/h2-4,9,12H,5-7H2,1H3. The normalized spacial score (nSPS) is 19.7. The zero-order valence-electron chi connectivity index (χ0n) is 9.10. The molecule has 0 aliphatic carbocycles. The molecule has 1 aliphatic rings. The first-order valence-corrected chi connectivity index (χ1v) is 5.30. The number of nitro benzene ring substituents is 1. The number of aryl methyl sites for hydroxylation is 1. The van der Waals surface area contributed by atoms with Crippen molar-refractivity contribution in [2.24, 2.45) is 0 Å². The molecule has 5 heteroatoms. The molecule has 1 atom stereocenters. The summed E-state index contributed by atoms with van der Waals surface area (Å²) in [5.74, 6) is 0.374. The molecule has 0 aromatic heterocycles. The summed E-state index contributed by atoms with van der Waals surface area (Å²) in [5, 5.41) is 14.1. The van der Waals surface area contributed by atoms with Crippen LogP contribution in [0.1, 0.15) is 12.0 Å². The summed E-state index contributed by atoms with van der Waals surface area (Å²) in [6, 6.07) is 5.15. The van der Waals surface area contributed by atoms with E-state index in [0.29, 0.717) is 11.3 Å². The number of rotatable bonds is 3. The van der Waals surface area contributed by atoms with E-state index in [9.17, 15) is 10.1 Å². The summed E-state index contributed by atoms with van der Waals surface area (Å²) in [7, 11) is 0. The minimum absolute atomic E-state index is 0.0421. The van der Waals surface area contributed by atoms with Crippen LogP contribution in [-0.4, -0.2) is 24.1 Å². The minimum atomic E-state index is -0.382. The topological polar surface area (TPSA) is 64.4 Å². The van der Waals surface area contributed by atoms with Gasteiger partial charge < -0.3 is 10.1 Å². The van der Waals surface area contributed by atoms with E-state index in [1.165, 1.54) is 0 Å². The molecule has 0 spiro atoms. The zero-order valence-corrected chi connectivity index (χ0v) is 9.10. The molecule has 1 fully saturated rings. The van der Waals surface area contributed by atoms with Gasteiger partial charge in [-0.05, 0) is 26.0 Å². The van der Waals surface area contributed by atoms with Crippen molar-refractivity contribution in [3.05, 3.63) is 33.9 Å². The number of nitrogens with zero attached hydrogens (tertiary/aromatic N) is 1. The SMILES string of the molecule is Cc1cccc(OC2CCNC2)c1[N+](=O)[O-]. The van der Waals surface area contributed by atoms with Gasteiger partial charge in [-0.25, -0.2) is 0 Å². The maximum Gasteiger partial charge on any atom is 0.313 e. The van der Waals surface area contributed by atoms with Crippen LogP contribution in [-0.2, 0) is 0 Å². The summed E-state index contributed by atoms with van der Waals surface area (Å²) < 4.78 is 5.64. The zero-order chi connectivity index (χ0) is 11.5. The third kappa shape index (κ3) is 2.14. The third-order valence-electron chi connectivity index (χ3n) is 2.69. The monoisotopic (exact) mass is 222 g/mol. The molecule has 1 N–H and O–H groups in total. The predicted molar refractivity (Wildman–Crippen MR) is 59.7 cm³/mol. The fourth-order valence-electron chi connectivity index (χ4n) is 1.87. The fraction of sp³-hybridized carbons (Fsp3) is 0.455. The van der Waals surface area contributed by atoms with Crippen molar-refractivity contribution in [1.82, 2.24) is 5.32 Å².